The summed E-state index contributed by atoms with van der Waals surface area (Å²) in [5, 5.41) is 0. The SMILES string of the molecule is CCCCCCCC(C)(OC)C(C)=O. The Hall–Kier alpha value is -0.370. The van der Waals surface area contributed by atoms with Crippen LogP contribution in [0.1, 0.15) is 59.3 Å². The zero-order valence-corrected chi connectivity index (χ0v) is 10.1. The van der Waals surface area contributed by atoms with Crippen molar-refractivity contribution in [2.45, 2.75) is 64.9 Å². The first-order valence-electron chi connectivity index (χ1n) is 5.63. The molecule has 1 atom stereocenters. The number of methoxy groups -OCH3 is 1. The van der Waals surface area contributed by atoms with Crippen LogP contribution >= 0.6 is 0 Å². The zero-order valence-electron chi connectivity index (χ0n) is 10.1. The second-order valence-electron chi connectivity index (χ2n) is 4.16. The molecule has 0 bridgehead atoms. The molecule has 1 unspecified atom stereocenters. The molecule has 0 aliphatic heterocycles. The first-order chi connectivity index (χ1) is 6.56. The summed E-state index contributed by atoms with van der Waals surface area (Å²) in [5.41, 5.74) is -0.549. The fourth-order valence-corrected chi connectivity index (χ4v) is 1.49. The molecular weight excluding hydrogens is 176 g/mol. The molecule has 2 nitrogen and oxygen atoms in total. The van der Waals surface area contributed by atoms with E-state index >= 15 is 0 Å². The van der Waals surface area contributed by atoms with E-state index in [2.05, 4.69) is 6.92 Å². The van der Waals surface area contributed by atoms with E-state index in [4.69, 9.17) is 4.74 Å². The Kier molecular flexibility index (Phi) is 6.81. The quantitative estimate of drug-likeness (QED) is 0.562. The van der Waals surface area contributed by atoms with Crippen molar-refractivity contribution in [1.29, 1.82) is 0 Å². The van der Waals surface area contributed by atoms with Crippen molar-refractivity contribution in [3.8, 4) is 0 Å². The average Bonchev–Trinajstić information content (AvgIpc) is 2.17. The zero-order chi connectivity index (χ0) is 11.0. The van der Waals surface area contributed by atoms with Gasteiger partial charge in [-0.1, -0.05) is 39.0 Å². The van der Waals surface area contributed by atoms with E-state index < -0.39 is 5.60 Å². The van der Waals surface area contributed by atoms with E-state index in [-0.39, 0.29) is 5.78 Å². The van der Waals surface area contributed by atoms with Crippen LogP contribution in [0.2, 0.25) is 0 Å². The van der Waals surface area contributed by atoms with Gasteiger partial charge in [-0.3, -0.25) is 4.79 Å². The van der Waals surface area contributed by atoms with Gasteiger partial charge in [-0.2, -0.15) is 0 Å². The van der Waals surface area contributed by atoms with Crippen LogP contribution in [0.15, 0.2) is 0 Å². The largest absolute Gasteiger partial charge is 0.371 e. The van der Waals surface area contributed by atoms with Crippen molar-refractivity contribution in [2.24, 2.45) is 0 Å². The monoisotopic (exact) mass is 200 g/mol. The third-order valence-corrected chi connectivity index (χ3v) is 2.95. The lowest BCUT2D eigenvalue weighted by atomic mass is 9.94. The van der Waals surface area contributed by atoms with Crippen LogP contribution in [-0.4, -0.2) is 18.5 Å². The highest BCUT2D eigenvalue weighted by atomic mass is 16.5. The van der Waals surface area contributed by atoms with Crippen molar-refractivity contribution < 1.29 is 9.53 Å². The lowest BCUT2D eigenvalue weighted by molar-refractivity contribution is -0.137. The molecule has 0 saturated heterocycles. The molecule has 0 saturated carbocycles. The number of rotatable bonds is 8. The van der Waals surface area contributed by atoms with Gasteiger partial charge >= 0.3 is 0 Å². The van der Waals surface area contributed by atoms with Crippen LogP contribution < -0.4 is 0 Å². The molecule has 84 valence electrons. The molecule has 0 N–H and O–H groups in total. The molecule has 0 fully saturated rings. The molecule has 0 aliphatic rings. The Balaban J connectivity index is 3.68. The molecule has 0 aromatic carbocycles. The molecular formula is C12H24O2. The molecule has 0 amide bonds. The van der Waals surface area contributed by atoms with E-state index in [0.29, 0.717) is 0 Å². The summed E-state index contributed by atoms with van der Waals surface area (Å²) in [5.74, 6) is 0.135. The highest BCUT2D eigenvalue weighted by Gasteiger charge is 2.28. The molecule has 2 heteroatoms. The Morgan fingerprint density at radius 1 is 1.21 bits per heavy atom. The van der Waals surface area contributed by atoms with Crippen molar-refractivity contribution in [1.82, 2.24) is 0 Å². The van der Waals surface area contributed by atoms with Crippen molar-refractivity contribution in [3.05, 3.63) is 0 Å². The van der Waals surface area contributed by atoms with Gasteiger partial charge in [0.2, 0.25) is 0 Å². The van der Waals surface area contributed by atoms with Crippen LogP contribution in [-0.2, 0) is 9.53 Å². The van der Waals surface area contributed by atoms with Crippen LogP contribution in [0.3, 0.4) is 0 Å². The van der Waals surface area contributed by atoms with Gasteiger partial charge in [0, 0.05) is 7.11 Å². The van der Waals surface area contributed by atoms with Gasteiger partial charge < -0.3 is 4.74 Å². The molecule has 14 heavy (non-hydrogen) atoms. The summed E-state index contributed by atoms with van der Waals surface area (Å²) in [6.45, 7) is 5.69. The summed E-state index contributed by atoms with van der Waals surface area (Å²) < 4.78 is 5.26. The minimum Gasteiger partial charge on any atom is -0.371 e. The minimum atomic E-state index is -0.549. The van der Waals surface area contributed by atoms with Gasteiger partial charge in [0.05, 0.1) is 0 Å². The van der Waals surface area contributed by atoms with E-state index in [0.717, 1.165) is 12.8 Å². The highest BCUT2D eigenvalue weighted by Crippen LogP contribution is 2.20. The molecule has 0 rings (SSSR count). The predicted molar refractivity (Wildman–Crippen MR) is 59.5 cm³/mol. The number of ketones is 1. The fourth-order valence-electron chi connectivity index (χ4n) is 1.49. The lowest BCUT2D eigenvalue weighted by Crippen LogP contribution is -2.35. The first kappa shape index (κ1) is 13.6. The Morgan fingerprint density at radius 2 is 1.79 bits per heavy atom. The number of unbranched alkanes of at least 4 members (excludes halogenated alkanes) is 4. The van der Waals surface area contributed by atoms with Crippen LogP contribution in [0.5, 0.6) is 0 Å². The van der Waals surface area contributed by atoms with Crippen LogP contribution in [0.25, 0.3) is 0 Å². The maximum atomic E-state index is 11.3. The maximum Gasteiger partial charge on any atom is 0.161 e. The molecule has 0 aromatic rings. The topological polar surface area (TPSA) is 26.3 Å². The van der Waals surface area contributed by atoms with Crippen molar-refractivity contribution >= 4 is 5.78 Å². The minimum absolute atomic E-state index is 0.135. The molecule has 0 aliphatic carbocycles. The summed E-state index contributed by atoms with van der Waals surface area (Å²) >= 11 is 0. The van der Waals surface area contributed by atoms with Gasteiger partial charge in [0.15, 0.2) is 5.78 Å². The Labute approximate surface area is 88.0 Å². The Bertz CT molecular complexity index is 166. The number of Topliss-reactive ketones (excluding diaryl/α,β-unsaturated/α-hetero) is 1. The van der Waals surface area contributed by atoms with Crippen molar-refractivity contribution in [3.63, 3.8) is 0 Å². The number of ether oxygens (including phenoxy) is 1. The predicted octanol–water partition coefficient (Wildman–Crippen LogP) is 3.34. The number of hydrogen-bond acceptors (Lipinski definition) is 2. The number of carbonyl (C=O) groups is 1. The molecule has 0 spiro atoms. The second kappa shape index (κ2) is 6.99. The summed E-state index contributed by atoms with van der Waals surface area (Å²) in [6.07, 6.45) is 6.97. The van der Waals surface area contributed by atoms with E-state index in [1.807, 2.05) is 6.92 Å². The fraction of sp³-hybridized carbons (Fsp3) is 0.917. The first-order valence-corrected chi connectivity index (χ1v) is 5.63. The lowest BCUT2D eigenvalue weighted by Gasteiger charge is -2.24. The van der Waals surface area contributed by atoms with E-state index in [1.165, 1.54) is 25.7 Å². The van der Waals surface area contributed by atoms with Gasteiger partial charge in [0.25, 0.3) is 0 Å². The summed E-state index contributed by atoms with van der Waals surface area (Å²) in [6, 6.07) is 0. The van der Waals surface area contributed by atoms with E-state index in [9.17, 15) is 4.79 Å². The molecule has 0 aromatic heterocycles. The second-order valence-corrected chi connectivity index (χ2v) is 4.16. The van der Waals surface area contributed by atoms with Gasteiger partial charge in [-0.05, 0) is 20.3 Å². The maximum absolute atomic E-state index is 11.3. The van der Waals surface area contributed by atoms with Gasteiger partial charge in [0.1, 0.15) is 5.60 Å². The smallest absolute Gasteiger partial charge is 0.161 e. The normalized spacial score (nSPS) is 15.1. The number of carbonyl (C=O) groups excluding carboxylic acids is 1. The van der Waals surface area contributed by atoms with Gasteiger partial charge in [-0.25, -0.2) is 0 Å². The van der Waals surface area contributed by atoms with Crippen LogP contribution in [0.4, 0.5) is 0 Å². The summed E-state index contributed by atoms with van der Waals surface area (Å²) in [7, 11) is 1.62. The third kappa shape index (κ3) is 4.75. The van der Waals surface area contributed by atoms with E-state index in [1.54, 1.807) is 14.0 Å². The molecule has 0 heterocycles. The molecule has 0 radical (unpaired) electrons. The third-order valence-electron chi connectivity index (χ3n) is 2.95. The van der Waals surface area contributed by atoms with Crippen LogP contribution in [0, 0.1) is 0 Å². The average molecular weight is 200 g/mol. The summed E-state index contributed by atoms with van der Waals surface area (Å²) in [4.78, 5) is 11.3. The Morgan fingerprint density at radius 3 is 2.21 bits per heavy atom. The van der Waals surface area contributed by atoms with Gasteiger partial charge in [-0.15, -0.1) is 0 Å². The van der Waals surface area contributed by atoms with Crippen molar-refractivity contribution in [2.75, 3.05) is 7.11 Å². The highest BCUT2D eigenvalue weighted by molar-refractivity contribution is 5.84. The number of hydrogen-bond donors (Lipinski definition) is 0. The standard InChI is InChI=1S/C12H24O2/c1-5-6-7-8-9-10-12(3,14-4)11(2)13/h5-10H2,1-4H3.